The van der Waals surface area contributed by atoms with Gasteiger partial charge in [-0.25, -0.2) is 0 Å². The predicted molar refractivity (Wildman–Crippen MR) is 167 cm³/mol. The van der Waals surface area contributed by atoms with Crippen LogP contribution in [0.15, 0.2) is 24.3 Å². The highest BCUT2D eigenvalue weighted by Gasteiger charge is 2.58. The van der Waals surface area contributed by atoms with E-state index in [1.54, 1.807) is 31.2 Å². The normalized spacial score (nSPS) is 31.7. The molecule has 5 aliphatic rings. The number of hydrogen-bond acceptors (Lipinski definition) is 16. The maximum absolute atomic E-state index is 13.7. The fourth-order valence-corrected chi connectivity index (χ4v) is 7.58. The SMILES string of the molecule is COc1cc([C@@H]2c3cc4c(cc3[C@@H](O[C@@H]3O[C@@H]5COC(C)O[C@H]5[C@H](OC(C)=O)[C@H]3OC(C)=O)C3COC(=O)C32)OCO4)cc(OC)c1OC(C)=O. The minimum atomic E-state index is -1.31. The molecule has 4 heterocycles. The maximum atomic E-state index is 13.7. The Morgan fingerprint density at radius 2 is 1.43 bits per heavy atom. The fourth-order valence-electron chi connectivity index (χ4n) is 7.58. The number of ether oxygens (including phenoxy) is 12. The van der Waals surface area contributed by atoms with Crippen molar-refractivity contribution in [3.8, 4) is 28.7 Å². The zero-order valence-electron chi connectivity index (χ0n) is 28.7. The van der Waals surface area contributed by atoms with Crippen LogP contribution >= 0.6 is 0 Å². The third-order valence-electron chi connectivity index (χ3n) is 9.53. The van der Waals surface area contributed by atoms with Gasteiger partial charge in [-0.15, -0.1) is 0 Å². The van der Waals surface area contributed by atoms with Crippen molar-refractivity contribution >= 4 is 23.9 Å². The molecule has 2 aromatic rings. The molecule has 16 heteroatoms. The first-order valence-electron chi connectivity index (χ1n) is 16.4. The number of hydrogen-bond donors (Lipinski definition) is 0. The lowest BCUT2D eigenvalue weighted by molar-refractivity contribution is -0.365. The second kappa shape index (κ2) is 13.8. The Balaban J connectivity index is 1.34. The van der Waals surface area contributed by atoms with Crippen LogP contribution in [0, 0.1) is 11.8 Å². The topological polar surface area (TPSA) is 179 Å². The molecule has 16 nitrogen and oxygen atoms in total. The van der Waals surface area contributed by atoms with Crippen molar-refractivity contribution in [3.63, 3.8) is 0 Å². The van der Waals surface area contributed by atoms with Gasteiger partial charge in [-0.3, -0.25) is 19.2 Å². The Morgan fingerprint density at radius 1 is 0.784 bits per heavy atom. The number of esters is 4. The quantitative estimate of drug-likeness (QED) is 0.221. The van der Waals surface area contributed by atoms with E-state index >= 15 is 0 Å². The molecule has 0 aromatic heterocycles. The lowest BCUT2D eigenvalue weighted by atomic mass is 9.66. The lowest BCUT2D eigenvalue weighted by Gasteiger charge is -2.49. The van der Waals surface area contributed by atoms with E-state index in [9.17, 15) is 19.2 Å². The molecule has 0 saturated carbocycles. The molecule has 2 aromatic carbocycles. The van der Waals surface area contributed by atoms with Gasteiger partial charge in [-0.1, -0.05) is 0 Å². The van der Waals surface area contributed by atoms with Crippen LogP contribution in [0.25, 0.3) is 0 Å². The molecule has 1 aliphatic carbocycles. The Kier molecular flexibility index (Phi) is 9.43. The summed E-state index contributed by atoms with van der Waals surface area (Å²) in [5.74, 6) is -3.02. The van der Waals surface area contributed by atoms with Crippen LogP contribution in [-0.2, 0) is 52.3 Å². The van der Waals surface area contributed by atoms with Crippen molar-refractivity contribution in [2.45, 2.75) is 76.7 Å². The summed E-state index contributed by atoms with van der Waals surface area (Å²) in [6.07, 6.45) is -6.80. The first kappa shape index (κ1) is 34.8. The first-order chi connectivity index (χ1) is 24.5. The van der Waals surface area contributed by atoms with Crippen LogP contribution in [0.5, 0.6) is 28.7 Å². The number of carbonyl (C=O) groups excluding carboxylic acids is 4. The molecule has 51 heavy (non-hydrogen) atoms. The summed E-state index contributed by atoms with van der Waals surface area (Å²) in [5.41, 5.74) is 1.86. The average molecular weight is 715 g/mol. The molecule has 7 rings (SSSR count). The van der Waals surface area contributed by atoms with Crippen LogP contribution in [-0.4, -0.2) is 95.1 Å². The average Bonchev–Trinajstić information content (AvgIpc) is 3.71. The molecule has 0 bridgehead atoms. The van der Waals surface area contributed by atoms with Crippen LogP contribution in [0.1, 0.15) is 56.4 Å². The highest BCUT2D eigenvalue weighted by Crippen LogP contribution is 2.57. The second-order valence-corrected chi connectivity index (χ2v) is 12.7. The third-order valence-corrected chi connectivity index (χ3v) is 9.53. The van der Waals surface area contributed by atoms with Gasteiger partial charge in [0.05, 0.1) is 39.5 Å². The minimum absolute atomic E-state index is 0.0200. The van der Waals surface area contributed by atoms with Crippen molar-refractivity contribution in [1.82, 2.24) is 0 Å². The zero-order chi connectivity index (χ0) is 36.1. The van der Waals surface area contributed by atoms with E-state index in [-0.39, 0.29) is 37.3 Å². The number of fused-ring (bicyclic) bond motifs is 4. The van der Waals surface area contributed by atoms with Gasteiger partial charge in [0.25, 0.3) is 0 Å². The Labute approximate surface area is 292 Å². The van der Waals surface area contributed by atoms with Crippen molar-refractivity contribution in [1.29, 1.82) is 0 Å². The third kappa shape index (κ3) is 6.41. The monoisotopic (exact) mass is 714 g/mol. The Morgan fingerprint density at radius 3 is 2.06 bits per heavy atom. The Hall–Kier alpha value is -4.64. The summed E-state index contributed by atoms with van der Waals surface area (Å²) in [4.78, 5) is 50.5. The summed E-state index contributed by atoms with van der Waals surface area (Å²) >= 11 is 0. The Bertz CT molecular complexity index is 1700. The van der Waals surface area contributed by atoms with Crippen molar-refractivity contribution in [2.24, 2.45) is 11.8 Å². The van der Waals surface area contributed by atoms with E-state index in [4.69, 9.17) is 56.8 Å². The number of methoxy groups -OCH3 is 2. The predicted octanol–water partition coefficient (Wildman–Crippen LogP) is 2.70. The van der Waals surface area contributed by atoms with E-state index in [1.165, 1.54) is 35.0 Å². The molecule has 0 N–H and O–H groups in total. The number of carbonyl (C=O) groups is 4. The van der Waals surface area contributed by atoms with Gasteiger partial charge >= 0.3 is 23.9 Å². The highest BCUT2D eigenvalue weighted by molar-refractivity contribution is 5.79. The van der Waals surface area contributed by atoms with Gasteiger partial charge in [0.1, 0.15) is 12.2 Å². The molecule has 3 fully saturated rings. The van der Waals surface area contributed by atoms with Gasteiger partial charge < -0.3 is 56.8 Å². The standard InChI is InChI=1S/C35H38O16/c1-14(36)46-30-24(40-5)7-18(8-25(30)41-6)27-19-9-22-23(45-13-44-22)10-20(19)29(21-11-43-34(39)28(21)27)51-35-33(48-16(3)38)32(47-15(2)37)31-26(50-35)12-42-17(4)49-31/h7-10,17,21,26-29,31-33,35H,11-13H2,1-6H3/t17?,21?,26-,27-,28?,29-,31-,32+,33-,35+/m1/s1. The van der Waals surface area contributed by atoms with Gasteiger partial charge in [-0.2, -0.15) is 0 Å². The molecule has 0 radical (unpaired) electrons. The summed E-state index contributed by atoms with van der Waals surface area (Å²) in [6, 6.07) is 6.92. The molecule has 0 spiro atoms. The van der Waals surface area contributed by atoms with Crippen LogP contribution in [0.4, 0.5) is 0 Å². The van der Waals surface area contributed by atoms with Gasteiger partial charge in [0, 0.05) is 32.6 Å². The van der Waals surface area contributed by atoms with Gasteiger partial charge in [0.2, 0.25) is 12.5 Å². The molecule has 0 amide bonds. The summed E-state index contributed by atoms with van der Waals surface area (Å²) < 4.78 is 70.1. The van der Waals surface area contributed by atoms with Crippen LogP contribution in [0.3, 0.4) is 0 Å². The van der Waals surface area contributed by atoms with E-state index in [0.717, 1.165) is 0 Å². The summed E-state index contributed by atoms with van der Waals surface area (Å²) in [6.45, 7) is 5.45. The smallest absolute Gasteiger partial charge is 0.310 e. The molecule has 3 unspecified atom stereocenters. The van der Waals surface area contributed by atoms with E-state index in [0.29, 0.717) is 28.2 Å². The molecule has 274 valence electrons. The molecular formula is C35H38O16. The minimum Gasteiger partial charge on any atom is -0.493 e. The summed E-state index contributed by atoms with van der Waals surface area (Å²) in [7, 11) is 2.85. The van der Waals surface area contributed by atoms with Crippen molar-refractivity contribution in [2.75, 3.05) is 34.2 Å². The first-order valence-corrected chi connectivity index (χ1v) is 16.4. The lowest BCUT2D eigenvalue weighted by Crippen LogP contribution is -2.65. The van der Waals surface area contributed by atoms with Gasteiger partial charge in [0.15, 0.2) is 47.8 Å². The van der Waals surface area contributed by atoms with Crippen molar-refractivity contribution < 1.29 is 76.0 Å². The number of rotatable bonds is 8. The molecule has 4 aliphatic heterocycles. The van der Waals surface area contributed by atoms with Crippen LogP contribution in [0.2, 0.25) is 0 Å². The van der Waals surface area contributed by atoms with E-state index < -0.39 is 84.7 Å². The van der Waals surface area contributed by atoms with E-state index in [1.807, 2.05) is 0 Å². The fraction of sp³-hybridized carbons (Fsp3) is 0.543. The highest BCUT2D eigenvalue weighted by atomic mass is 16.8. The van der Waals surface area contributed by atoms with Crippen LogP contribution < -0.4 is 23.7 Å². The molecular weight excluding hydrogens is 676 g/mol. The zero-order valence-corrected chi connectivity index (χ0v) is 28.7. The van der Waals surface area contributed by atoms with E-state index in [2.05, 4.69) is 0 Å². The maximum Gasteiger partial charge on any atom is 0.310 e. The number of cyclic esters (lactones) is 1. The largest absolute Gasteiger partial charge is 0.493 e. The molecule has 10 atom stereocenters. The molecule has 3 saturated heterocycles. The van der Waals surface area contributed by atoms with Gasteiger partial charge in [-0.05, 0) is 47.9 Å². The number of benzene rings is 2. The summed E-state index contributed by atoms with van der Waals surface area (Å²) in [5, 5.41) is 0. The van der Waals surface area contributed by atoms with Crippen molar-refractivity contribution in [3.05, 3.63) is 41.0 Å². The second-order valence-electron chi connectivity index (χ2n) is 12.7.